The van der Waals surface area contributed by atoms with E-state index in [2.05, 4.69) is 51.0 Å². The van der Waals surface area contributed by atoms with Crippen LogP contribution in [0, 0.1) is 6.92 Å². The van der Waals surface area contributed by atoms with E-state index in [0.717, 1.165) is 31.4 Å². The Bertz CT molecular complexity index is 483. The molecule has 4 heteroatoms. The molecule has 3 nitrogen and oxygen atoms in total. The molecule has 0 heterocycles. The van der Waals surface area contributed by atoms with E-state index < -0.39 is 0 Å². The van der Waals surface area contributed by atoms with Crippen molar-refractivity contribution in [3.63, 3.8) is 0 Å². The fourth-order valence-corrected chi connectivity index (χ4v) is 2.65. The lowest BCUT2D eigenvalue weighted by atomic mass is 9.98. The van der Waals surface area contributed by atoms with Crippen molar-refractivity contribution in [2.24, 2.45) is 0 Å². The van der Waals surface area contributed by atoms with Crippen LogP contribution in [-0.4, -0.2) is 12.1 Å². The summed E-state index contributed by atoms with van der Waals surface area (Å²) in [6.45, 7) is 6.31. The maximum absolute atomic E-state index is 12.2. The topological polar surface area (TPSA) is 32.3 Å². The zero-order valence-electron chi connectivity index (χ0n) is 11.9. The molecule has 2 rings (SSSR count). The number of carbonyl (C=O) groups excluding carboxylic acids is 1. The van der Waals surface area contributed by atoms with Crippen molar-refractivity contribution in [2.75, 3.05) is 4.31 Å². The number of urea groups is 1. The minimum atomic E-state index is -0.110. The van der Waals surface area contributed by atoms with E-state index >= 15 is 0 Å². The Kier molecular flexibility index (Phi) is 4.40. The monoisotopic (exact) mass is 278 g/mol. The highest BCUT2D eigenvalue weighted by molar-refractivity contribution is 7.82. The third-order valence-corrected chi connectivity index (χ3v) is 4.03. The zero-order chi connectivity index (χ0) is 14.0. The van der Waals surface area contributed by atoms with Gasteiger partial charge in [-0.25, -0.2) is 9.10 Å². The number of hydrogen-bond donors (Lipinski definition) is 2. The molecule has 1 aromatic rings. The molecule has 1 fully saturated rings. The highest BCUT2D eigenvalue weighted by Crippen LogP contribution is 2.31. The second kappa shape index (κ2) is 5.87. The van der Waals surface area contributed by atoms with E-state index in [9.17, 15) is 4.79 Å². The van der Waals surface area contributed by atoms with Gasteiger partial charge in [-0.15, -0.1) is 0 Å². The van der Waals surface area contributed by atoms with Crippen LogP contribution in [0.15, 0.2) is 12.1 Å². The van der Waals surface area contributed by atoms with Gasteiger partial charge in [-0.3, -0.25) is 0 Å². The van der Waals surface area contributed by atoms with Gasteiger partial charge in [0.05, 0.1) is 5.69 Å². The van der Waals surface area contributed by atoms with E-state index in [0.29, 0.717) is 6.04 Å². The molecule has 1 saturated carbocycles. The summed E-state index contributed by atoms with van der Waals surface area (Å²) < 4.78 is 1.49. The Hall–Kier alpha value is -1.16. The molecule has 0 radical (unpaired) electrons. The number of rotatable bonds is 4. The molecule has 104 valence electrons. The summed E-state index contributed by atoms with van der Waals surface area (Å²) in [7, 11) is 0. The molecule has 0 aliphatic heterocycles. The average molecular weight is 278 g/mol. The summed E-state index contributed by atoms with van der Waals surface area (Å²) in [4.78, 5) is 12.2. The van der Waals surface area contributed by atoms with E-state index in [1.807, 2.05) is 0 Å². The van der Waals surface area contributed by atoms with Crippen molar-refractivity contribution in [2.45, 2.75) is 52.5 Å². The van der Waals surface area contributed by atoms with Gasteiger partial charge in [-0.2, -0.15) is 0 Å². The maximum Gasteiger partial charge on any atom is 0.332 e. The van der Waals surface area contributed by atoms with Crippen molar-refractivity contribution < 1.29 is 4.79 Å². The summed E-state index contributed by atoms with van der Waals surface area (Å²) in [6.07, 6.45) is 3.98. The molecule has 1 aromatic carbocycles. The minimum Gasteiger partial charge on any atom is -0.334 e. The number of carbonyl (C=O) groups is 1. The van der Waals surface area contributed by atoms with Crippen LogP contribution in [0.25, 0.3) is 0 Å². The number of thiol groups is 1. The van der Waals surface area contributed by atoms with Crippen LogP contribution < -0.4 is 9.62 Å². The normalized spacial score (nSPS) is 14.3. The fourth-order valence-electron chi connectivity index (χ4n) is 2.35. The van der Waals surface area contributed by atoms with Crippen LogP contribution in [0.5, 0.6) is 0 Å². The minimum absolute atomic E-state index is 0.110. The first-order chi connectivity index (χ1) is 9.08. The number of amides is 2. The third kappa shape index (κ3) is 3.06. The number of hydrogen-bond acceptors (Lipinski definition) is 2. The molecule has 19 heavy (non-hydrogen) atoms. The first-order valence-corrected chi connectivity index (χ1v) is 7.39. The Morgan fingerprint density at radius 3 is 2.58 bits per heavy atom. The molecule has 1 N–H and O–H groups in total. The highest BCUT2D eigenvalue weighted by atomic mass is 32.1. The highest BCUT2D eigenvalue weighted by Gasteiger charge is 2.27. The number of nitrogens with one attached hydrogen (secondary N) is 1. The van der Waals surface area contributed by atoms with Gasteiger partial charge < -0.3 is 5.32 Å². The number of anilines is 1. The van der Waals surface area contributed by atoms with Crippen molar-refractivity contribution in [1.82, 2.24) is 5.32 Å². The van der Waals surface area contributed by atoms with Crippen LogP contribution in [0.1, 0.15) is 43.4 Å². The van der Waals surface area contributed by atoms with Crippen molar-refractivity contribution in [3.05, 3.63) is 28.8 Å². The van der Waals surface area contributed by atoms with Gasteiger partial charge in [-0.1, -0.05) is 38.8 Å². The quantitative estimate of drug-likeness (QED) is 0.810. The van der Waals surface area contributed by atoms with Gasteiger partial charge in [0.15, 0.2) is 0 Å². The predicted molar refractivity (Wildman–Crippen MR) is 83.0 cm³/mol. The fraction of sp³-hybridized carbons (Fsp3) is 0.533. The Labute approximate surface area is 120 Å². The molecule has 0 spiro atoms. The number of nitrogens with zero attached hydrogens (tertiary/aromatic N) is 1. The summed E-state index contributed by atoms with van der Waals surface area (Å²) in [5.41, 5.74) is 4.56. The van der Waals surface area contributed by atoms with Crippen LogP contribution >= 0.6 is 12.8 Å². The Morgan fingerprint density at radius 2 is 2.05 bits per heavy atom. The van der Waals surface area contributed by atoms with Gasteiger partial charge in [0.1, 0.15) is 0 Å². The van der Waals surface area contributed by atoms with Gasteiger partial charge in [0, 0.05) is 6.04 Å². The lowest BCUT2D eigenvalue weighted by Gasteiger charge is -2.23. The van der Waals surface area contributed by atoms with Crippen LogP contribution in [0.2, 0.25) is 0 Å². The molecule has 1 aliphatic rings. The second-order valence-electron chi connectivity index (χ2n) is 5.11. The number of aryl methyl sites for hydroxylation is 2. The van der Waals surface area contributed by atoms with Crippen molar-refractivity contribution in [3.8, 4) is 0 Å². The average Bonchev–Trinajstić information content (AvgIpc) is 3.21. The van der Waals surface area contributed by atoms with Crippen molar-refractivity contribution >= 4 is 24.5 Å². The van der Waals surface area contributed by atoms with Crippen LogP contribution in [-0.2, 0) is 12.8 Å². The Balaban J connectivity index is 2.34. The SMILES string of the molecule is CCc1ccc(C)c(CC)c1N(S)C(=O)NC1CC1. The molecular weight excluding hydrogens is 256 g/mol. The predicted octanol–water partition coefficient (Wildman–Crippen LogP) is 3.64. The lowest BCUT2D eigenvalue weighted by molar-refractivity contribution is 0.249. The lowest BCUT2D eigenvalue weighted by Crippen LogP contribution is -2.36. The van der Waals surface area contributed by atoms with Crippen LogP contribution in [0.4, 0.5) is 10.5 Å². The third-order valence-electron chi connectivity index (χ3n) is 3.64. The van der Waals surface area contributed by atoms with E-state index in [1.54, 1.807) is 0 Å². The first kappa shape index (κ1) is 14.3. The first-order valence-electron chi connectivity index (χ1n) is 6.99. The smallest absolute Gasteiger partial charge is 0.332 e. The zero-order valence-corrected chi connectivity index (χ0v) is 12.8. The molecule has 0 atom stereocenters. The molecule has 0 bridgehead atoms. The van der Waals surface area contributed by atoms with Crippen molar-refractivity contribution in [1.29, 1.82) is 0 Å². The van der Waals surface area contributed by atoms with E-state index in [-0.39, 0.29) is 6.03 Å². The summed E-state index contributed by atoms with van der Waals surface area (Å²) in [5, 5.41) is 2.98. The maximum atomic E-state index is 12.2. The summed E-state index contributed by atoms with van der Waals surface area (Å²) in [5.74, 6) is 0. The largest absolute Gasteiger partial charge is 0.334 e. The van der Waals surface area contributed by atoms with Gasteiger partial charge in [0.2, 0.25) is 0 Å². The molecular formula is C15H22N2OS. The van der Waals surface area contributed by atoms with E-state index in [1.165, 1.54) is 21.0 Å². The molecule has 2 amide bonds. The van der Waals surface area contributed by atoms with Gasteiger partial charge in [-0.05, 0) is 49.3 Å². The summed E-state index contributed by atoms with van der Waals surface area (Å²) in [6, 6.07) is 4.46. The second-order valence-corrected chi connectivity index (χ2v) is 5.51. The molecule has 0 unspecified atom stereocenters. The summed E-state index contributed by atoms with van der Waals surface area (Å²) >= 11 is 4.43. The van der Waals surface area contributed by atoms with Gasteiger partial charge in [0.25, 0.3) is 0 Å². The molecule has 0 aromatic heterocycles. The van der Waals surface area contributed by atoms with E-state index in [4.69, 9.17) is 0 Å². The van der Waals surface area contributed by atoms with Gasteiger partial charge >= 0.3 is 6.03 Å². The standard InChI is InChI=1S/C15H22N2OS/c1-4-11-7-6-10(3)13(5-2)14(11)17(19)15(18)16-12-8-9-12/h6-7,12,19H,4-5,8-9H2,1-3H3,(H,16,18). The van der Waals surface area contributed by atoms with Crippen LogP contribution in [0.3, 0.4) is 0 Å². The Morgan fingerprint density at radius 1 is 1.37 bits per heavy atom. The molecule has 1 aliphatic carbocycles. The molecule has 0 saturated heterocycles. The number of benzene rings is 1.